The van der Waals surface area contributed by atoms with Gasteiger partial charge in [-0.25, -0.2) is 0 Å². The first-order valence-electron chi connectivity index (χ1n) is 4.52. The molecule has 0 atom stereocenters. The largest absolute Gasteiger partial charge is 0.382 e. The van der Waals surface area contributed by atoms with Crippen molar-refractivity contribution in [2.45, 2.75) is 27.7 Å². The van der Waals surface area contributed by atoms with Crippen molar-refractivity contribution in [1.82, 2.24) is 4.81 Å². The van der Waals surface area contributed by atoms with Gasteiger partial charge in [-0.05, 0) is 11.8 Å². The van der Waals surface area contributed by atoms with Crippen molar-refractivity contribution in [2.24, 2.45) is 11.8 Å². The molecule has 13 heavy (non-hydrogen) atoms. The molecule has 0 bridgehead atoms. The average Bonchev–Trinajstić information content (AvgIpc) is 2.04. The lowest BCUT2D eigenvalue weighted by Crippen LogP contribution is -2.27. The van der Waals surface area contributed by atoms with E-state index in [0.29, 0.717) is 11.8 Å². The van der Waals surface area contributed by atoms with Crippen molar-refractivity contribution in [1.29, 1.82) is 0 Å². The van der Waals surface area contributed by atoms with Gasteiger partial charge in [0, 0.05) is 11.4 Å². The first-order chi connectivity index (χ1) is 5.91. The van der Waals surface area contributed by atoms with E-state index in [9.17, 15) is 0 Å². The molecule has 0 aliphatic heterocycles. The van der Waals surface area contributed by atoms with Crippen LogP contribution in [0.3, 0.4) is 0 Å². The molecule has 0 saturated carbocycles. The van der Waals surface area contributed by atoms with Crippen LogP contribution in [0.2, 0.25) is 0 Å². The van der Waals surface area contributed by atoms with E-state index in [4.69, 9.17) is 11.5 Å². The minimum atomic E-state index is 0.380. The molecule has 0 aromatic heterocycles. The molecule has 0 fully saturated rings. The molecule has 0 N–H and O–H groups in total. The number of hydrogen-bond acceptors (Lipinski definition) is 1. The molecule has 0 heterocycles. The molecule has 0 amide bonds. The Kier molecular flexibility index (Phi) is 5.23. The fraction of sp³-hybridized carbons (Fsp3) is 0.600. The number of hydrogen-bond donors (Lipinski definition) is 0. The Labute approximate surface area is 87.6 Å². The zero-order valence-electron chi connectivity index (χ0n) is 8.97. The molecule has 0 aliphatic carbocycles. The molecule has 0 spiro atoms. The van der Waals surface area contributed by atoms with Crippen LogP contribution in [-0.4, -0.2) is 11.6 Å². The van der Waals surface area contributed by atoms with Gasteiger partial charge in [0.1, 0.15) is 0 Å². The number of rotatable bonds is 5. The SMILES string of the molecule is C=C(C(C)C)N([B]Cl)C(=C)C(C)C. The van der Waals surface area contributed by atoms with Crippen LogP contribution in [0, 0.1) is 11.8 Å². The molecule has 3 heteroatoms. The van der Waals surface area contributed by atoms with Gasteiger partial charge in [-0.15, -0.1) is 0 Å². The fourth-order valence-corrected chi connectivity index (χ4v) is 1.12. The van der Waals surface area contributed by atoms with E-state index in [1.807, 2.05) is 4.81 Å². The summed E-state index contributed by atoms with van der Waals surface area (Å²) in [6, 6.07) is 0. The summed E-state index contributed by atoms with van der Waals surface area (Å²) >= 11 is 5.72. The molecule has 0 aromatic carbocycles. The van der Waals surface area contributed by atoms with Gasteiger partial charge in [0.25, 0.3) is 0 Å². The van der Waals surface area contributed by atoms with Crippen molar-refractivity contribution in [2.75, 3.05) is 0 Å². The lowest BCUT2D eigenvalue weighted by Gasteiger charge is -2.30. The summed E-state index contributed by atoms with van der Waals surface area (Å²) in [5.41, 5.74) is 1.96. The van der Waals surface area contributed by atoms with E-state index in [0.717, 1.165) is 11.4 Å². The van der Waals surface area contributed by atoms with E-state index in [2.05, 4.69) is 40.9 Å². The highest BCUT2D eigenvalue weighted by Crippen LogP contribution is 2.21. The molecule has 0 rings (SSSR count). The Balaban J connectivity index is 4.51. The second-order valence-electron chi connectivity index (χ2n) is 3.76. The number of allylic oxidation sites excluding steroid dienone is 2. The van der Waals surface area contributed by atoms with Gasteiger partial charge >= 0.3 is 6.83 Å². The number of nitrogens with zero attached hydrogens (tertiary/aromatic N) is 1. The van der Waals surface area contributed by atoms with Gasteiger partial charge in [-0.1, -0.05) is 40.9 Å². The smallest absolute Gasteiger partial charge is 0.375 e. The minimum absolute atomic E-state index is 0.380. The zero-order chi connectivity index (χ0) is 10.6. The first-order valence-corrected chi connectivity index (χ1v) is 4.95. The maximum atomic E-state index is 5.72. The molecule has 0 unspecified atom stereocenters. The molecule has 1 nitrogen and oxygen atoms in total. The van der Waals surface area contributed by atoms with Crippen molar-refractivity contribution >= 4 is 18.3 Å². The summed E-state index contributed by atoms with van der Waals surface area (Å²) in [6.07, 6.45) is 0. The quantitative estimate of drug-likeness (QED) is 0.612. The lowest BCUT2D eigenvalue weighted by molar-refractivity contribution is 0.507. The monoisotopic (exact) mass is 198 g/mol. The zero-order valence-corrected chi connectivity index (χ0v) is 9.73. The summed E-state index contributed by atoms with van der Waals surface area (Å²) in [5, 5.41) is 0. The molecule has 0 aromatic rings. The predicted octanol–water partition coefficient (Wildman–Crippen LogP) is 3.40. The standard InChI is InChI=1S/C10H18BClN/c1-7(2)9(5)13(11-12)10(6)8(3)4/h7-8H,5-6H2,1-4H3. The van der Waals surface area contributed by atoms with E-state index < -0.39 is 0 Å². The fourth-order valence-electron chi connectivity index (χ4n) is 0.866. The van der Waals surface area contributed by atoms with Crippen LogP contribution in [-0.2, 0) is 0 Å². The van der Waals surface area contributed by atoms with Gasteiger partial charge in [0.15, 0.2) is 0 Å². The maximum Gasteiger partial charge on any atom is 0.375 e. The molecule has 0 aliphatic rings. The Morgan fingerprint density at radius 1 is 1.08 bits per heavy atom. The second-order valence-corrected chi connectivity index (χ2v) is 3.95. The lowest BCUT2D eigenvalue weighted by atomic mass is 10.0. The Morgan fingerprint density at radius 3 is 1.54 bits per heavy atom. The first kappa shape index (κ1) is 12.6. The Morgan fingerprint density at radius 2 is 1.38 bits per heavy atom. The second kappa shape index (κ2) is 5.38. The average molecular weight is 199 g/mol. The van der Waals surface area contributed by atoms with Crippen molar-refractivity contribution in [3.8, 4) is 0 Å². The molecule has 1 radical (unpaired) electrons. The van der Waals surface area contributed by atoms with Crippen molar-refractivity contribution in [3.63, 3.8) is 0 Å². The van der Waals surface area contributed by atoms with Crippen LogP contribution in [0.4, 0.5) is 0 Å². The summed E-state index contributed by atoms with van der Waals surface area (Å²) in [7, 11) is 0. The molecular weight excluding hydrogens is 180 g/mol. The van der Waals surface area contributed by atoms with E-state index in [-0.39, 0.29) is 0 Å². The van der Waals surface area contributed by atoms with Crippen LogP contribution in [0.25, 0.3) is 0 Å². The highest BCUT2D eigenvalue weighted by atomic mass is 35.5. The van der Waals surface area contributed by atoms with Gasteiger partial charge in [-0.3, -0.25) is 0 Å². The van der Waals surface area contributed by atoms with E-state index >= 15 is 0 Å². The van der Waals surface area contributed by atoms with Gasteiger partial charge in [0.05, 0.1) is 0 Å². The van der Waals surface area contributed by atoms with Crippen LogP contribution in [0.15, 0.2) is 24.6 Å². The predicted molar refractivity (Wildman–Crippen MR) is 61.4 cm³/mol. The van der Waals surface area contributed by atoms with Gasteiger partial charge < -0.3 is 4.81 Å². The summed E-state index contributed by atoms with van der Waals surface area (Å²) < 4.78 is 0. The van der Waals surface area contributed by atoms with Crippen molar-refractivity contribution < 1.29 is 0 Å². The van der Waals surface area contributed by atoms with Crippen LogP contribution in [0.5, 0.6) is 0 Å². The normalized spacial score (nSPS) is 10.4. The molecule has 0 saturated heterocycles. The highest BCUT2D eigenvalue weighted by Gasteiger charge is 2.15. The number of halogens is 1. The minimum Gasteiger partial charge on any atom is -0.382 e. The van der Waals surface area contributed by atoms with E-state index in [1.54, 1.807) is 0 Å². The Hall–Kier alpha value is -0.365. The molecule has 73 valence electrons. The third kappa shape index (κ3) is 3.47. The topological polar surface area (TPSA) is 3.24 Å². The third-order valence-corrected chi connectivity index (χ3v) is 2.24. The van der Waals surface area contributed by atoms with Crippen LogP contribution < -0.4 is 0 Å². The summed E-state index contributed by atoms with van der Waals surface area (Å²) in [5.74, 6) is 0.760. The highest BCUT2D eigenvalue weighted by molar-refractivity contribution is 6.92. The van der Waals surface area contributed by atoms with Crippen LogP contribution in [0.1, 0.15) is 27.7 Å². The Bertz CT molecular complexity index is 179. The third-order valence-electron chi connectivity index (χ3n) is 2.05. The van der Waals surface area contributed by atoms with Crippen molar-refractivity contribution in [3.05, 3.63) is 24.6 Å². The summed E-state index contributed by atoms with van der Waals surface area (Å²) in [4.78, 5) is 1.86. The maximum absolute atomic E-state index is 5.72. The summed E-state index contributed by atoms with van der Waals surface area (Å²) in [6.45, 7) is 17.8. The van der Waals surface area contributed by atoms with Gasteiger partial charge in [0.2, 0.25) is 0 Å². The van der Waals surface area contributed by atoms with E-state index in [1.165, 1.54) is 6.83 Å². The van der Waals surface area contributed by atoms with Crippen LogP contribution >= 0.6 is 11.5 Å². The molecular formula is C10H18BClN. The van der Waals surface area contributed by atoms with Gasteiger partial charge in [-0.2, -0.15) is 11.5 Å².